The minimum Gasteiger partial charge on any atom is -0.0683 e. The van der Waals surface area contributed by atoms with Gasteiger partial charge >= 0.3 is 0 Å². The fourth-order valence-corrected chi connectivity index (χ4v) is 3.15. The van der Waals surface area contributed by atoms with E-state index in [9.17, 15) is 0 Å². The Balaban J connectivity index is -0.0000000256. The van der Waals surface area contributed by atoms with Crippen molar-refractivity contribution in [3.8, 4) is 0 Å². The fraction of sp³-hybridized carbons (Fsp3) is 1.00. The van der Waals surface area contributed by atoms with Gasteiger partial charge in [-0.1, -0.05) is 285 Å². The summed E-state index contributed by atoms with van der Waals surface area (Å²) in [5.41, 5.74) is 0.679. The van der Waals surface area contributed by atoms with E-state index in [0.717, 1.165) is 11.8 Å². The Morgan fingerprint density at radius 1 is 0.250 bits per heavy atom. The van der Waals surface area contributed by atoms with Crippen LogP contribution >= 0.6 is 0 Å². The molecule has 0 aromatic rings. The molecule has 0 amide bonds. The molecule has 0 aromatic carbocycles. The van der Waals surface area contributed by atoms with Gasteiger partial charge in [0.05, 0.1) is 0 Å². The molecule has 48 heavy (non-hydrogen) atoms. The van der Waals surface area contributed by atoms with Crippen LogP contribution in [0.5, 0.6) is 0 Å². The second-order valence-corrected chi connectivity index (χ2v) is 9.10. The molecule has 0 aromatic heterocycles. The van der Waals surface area contributed by atoms with Crippen LogP contribution in [0.1, 0.15) is 304 Å². The van der Waals surface area contributed by atoms with E-state index >= 15 is 0 Å². The van der Waals surface area contributed by atoms with Gasteiger partial charge in [0.15, 0.2) is 0 Å². The predicted octanol–water partition coefficient (Wildman–Crippen LogP) is 21.5. The molecule has 2 unspecified atom stereocenters. The lowest BCUT2D eigenvalue weighted by atomic mass is 9.78. The van der Waals surface area contributed by atoms with Crippen LogP contribution in [0, 0.1) is 17.3 Å². The third kappa shape index (κ3) is 149. The van der Waals surface area contributed by atoms with E-state index in [1.54, 1.807) is 0 Å². The molecule has 0 saturated heterocycles. The molecule has 0 nitrogen and oxygen atoms in total. The zero-order chi connectivity index (χ0) is 42.3. The van der Waals surface area contributed by atoms with Crippen LogP contribution in [0.3, 0.4) is 0 Å². The molecule has 0 bridgehead atoms. The van der Waals surface area contributed by atoms with Crippen molar-refractivity contribution >= 4 is 0 Å². The van der Waals surface area contributed by atoms with Crippen LogP contribution in [-0.4, -0.2) is 0 Å². The summed E-state index contributed by atoms with van der Waals surface area (Å²) in [7, 11) is 0. The van der Waals surface area contributed by atoms with E-state index < -0.39 is 0 Å². The Labute approximate surface area is 320 Å². The summed E-state index contributed by atoms with van der Waals surface area (Å²) in [6.45, 7) is 61.4. The molecule has 0 aliphatic heterocycles. The summed E-state index contributed by atoms with van der Waals surface area (Å²) >= 11 is 0. The molecular formula is C48H122. The number of hydrogen-bond donors (Lipinski definition) is 0. The van der Waals surface area contributed by atoms with E-state index in [4.69, 9.17) is 0 Å². The van der Waals surface area contributed by atoms with Crippen LogP contribution in [0.15, 0.2) is 0 Å². The maximum atomic E-state index is 2.38. The zero-order valence-corrected chi connectivity index (χ0v) is 42.3. The van der Waals surface area contributed by atoms with Gasteiger partial charge in [0.2, 0.25) is 0 Å². The van der Waals surface area contributed by atoms with Crippen LogP contribution in [-0.2, 0) is 0 Å². The maximum absolute atomic E-state index is 2.38. The van der Waals surface area contributed by atoms with Gasteiger partial charge in [-0.05, 0) is 36.5 Å². The van der Waals surface area contributed by atoms with Gasteiger partial charge in [-0.15, -0.1) is 0 Å². The lowest BCUT2D eigenvalue weighted by Gasteiger charge is -2.28. The highest BCUT2D eigenvalue weighted by Gasteiger charge is 2.26. The lowest BCUT2D eigenvalue weighted by molar-refractivity contribution is 0.244. The smallest absolute Gasteiger partial charge is 0.0354 e. The van der Waals surface area contributed by atoms with Crippen molar-refractivity contribution in [3.05, 3.63) is 0 Å². The summed E-state index contributed by atoms with van der Waals surface area (Å²) in [5, 5.41) is 0. The Bertz CT molecular complexity index is 219. The molecule has 4 rings (SSSR count). The Kier molecular flexibility index (Phi) is 246. The fourth-order valence-electron chi connectivity index (χ4n) is 3.15. The van der Waals surface area contributed by atoms with Gasteiger partial charge in [0.1, 0.15) is 0 Å². The number of hydrogen-bond acceptors (Lipinski definition) is 0. The quantitative estimate of drug-likeness (QED) is 0.236. The second kappa shape index (κ2) is 136. The Hall–Kier alpha value is 0. The standard InChI is InChI=1S/C8H16.2C5H10.C4H8.13C2H6/c1-8(2)6-4-3-5-7-8;1-4-3-5(4)2;1-2-4-5-3-1;1-2-4-3-1;13*1-2/h3-7H2,1-2H3;4-5H,3H2,1-2H3;1-5H2;1-4H2;13*1-2H3. The normalized spacial score (nSPS) is 15.9. The predicted molar refractivity (Wildman–Crippen MR) is 249 cm³/mol. The zero-order valence-electron chi connectivity index (χ0n) is 42.3. The summed E-state index contributed by atoms with van der Waals surface area (Å²) in [4.78, 5) is 0. The van der Waals surface area contributed by atoms with Crippen molar-refractivity contribution in [2.24, 2.45) is 17.3 Å². The van der Waals surface area contributed by atoms with E-state index in [-0.39, 0.29) is 0 Å². The summed E-state index contributed by atoms with van der Waals surface area (Å²) < 4.78 is 0. The van der Waals surface area contributed by atoms with E-state index in [2.05, 4.69) is 27.7 Å². The highest BCUT2D eigenvalue weighted by Crippen LogP contribution is 2.36. The Morgan fingerprint density at radius 3 is 0.417 bits per heavy atom. The Morgan fingerprint density at radius 2 is 0.354 bits per heavy atom. The SMILES string of the molecule is C1CCC1.C1CCCC1.CC.CC.CC.CC.CC.CC.CC.CC.CC.CC.CC.CC.CC.CC1(C)CCCCC1.CC1CC1C. The molecule has 0 spiro atoms. The maximum Gasteiger partial charge on any atom is -0.0354 e. The topological polar surface area (TPSA) is 0 Å². The van der Waals surface area contributed by atoms with Crippen LogP contribution in [0.2, 0.25) is 0 Å². The van der Waals surface area contributed by atoms with Crippen molar-refractivity contribution in [2.75, 3.05) is 0 Å². The highest BCUT2D eigenvalue weighted by atomic mass is 14.3. The first-order chi connectivity index (χ1) is 23.5. The van der Waals surface area contributed by atoms with E-state index in [0.29, 0.717) is 5.41 Å². The highest BCUT2D eigenvalue weighted by molar-refractivity contribution is 4.76. The molecule has 4 aliphatic carbocycles. The molecule has 4 saturated carbocycles. The van der Waals surface area contributed by atoms with E-state index in [1.165, 1.54) is 96.3 Å². The van der Waals surface area contributed by atoms with Gasteiger partial charge < -0.3 is 0 Å². The third-order valence-electron chi connectivity index (χ3n) is 5.97. The number of rotatable bonds is 0. The first kappa shape index (κ1) is 86.6. The molecule has 0 radical (unpaired) electrons. The van der Waals surface area contributed by atoms with Gasteiger partial charge in [-0.25, -0.2) is 0 Å². The molecule has 4 fully saturated rings. The third-order valence-corrected chi connectivity index (χ3v) is 5.97. The van der Waals surface area contributed by atoms with Gasteiger partial charge in [0.25, 0.3) is 0 Å². The molecule has 2 atom stereocenters. The van der Waals surface area contributed by atoms with E-state index in [1.807, 2.05) is 180 Å². The van der Waals surface area contributed by atoms with Crippen molar-refractivity contribution in [1.82, 2.24) is 0 Å². The average molecular weight is 700 g/mol. The van der Waals surface area contributed by atoms with Crippen molar-refractivity contribution in [2.45, 2.75) is 304 Å². The lowest BCUT2D eigenvalue weighted by Crippen LogP contribution is -2.14. The van der Waals surface area contributed by atoms with Gasteiger partial charge in [0, 0.05) is 0 Å². The molecule has 0 heterocycles. The largest absolute Gasteiger partial charge is 0.0683 e. The van der Waals surface area contributed by atoms with Crippen LogP contribution in [0.4, 0.5) is 0 Å². The molecule has 4 aliphatic rings. The summed E-state index contributed by atoms with van der Waals surface area (Å²) in [6.07, 6.45) is 22.3. The molecule has 0 heteroatoms. The molecule has 0 N–H and O–H groups in total. The molecule has 314 valence electrons. The summed E-state index contributed by atoms with van der Waals surface area (Å²) in [6, 6.07) is 0. The monoisotopic (exact) mass is 699 g/mol. The minimum absolute atomic E-state index is 0.679. The first-order valence-corrected chi connectivity index (χ1v) is 23.5. The van der Waals surface area contributed by atoms with Gasteiger partial charge in [-0.3, -0.25) is 0 Å². The van der Waals surface area contributed by atoms with Crippen LogP contribution in [0.25, 0.3) is 0 Å². The average Bonchev–Trinajstić information content (AvgIpc) is 3.54. The van der Waals surface area contributed by atoms with Crippen LogP contribution < -0.4 is 0 Å². The second-order valence-electron chi connectivity index (χ2n) is 9.10. The van der Waals surface area contributed by atoms with Crippen molar-refractivity contribution < 1.29 is 0 Å². The minimum atomic E-state index is 0.679. The summed E-state index contributed by atoms with van der Waals surface area (Å²) in [5.74, 6) is 2.10. The van der Waals surface area contributed by atoms with Gasteiger partial charge in [-0.2, -0.15) is 0 Å². The van der Waals surface area contributed by atoms with Crippen molar-refractivity contribution in [3.63, 3.8) is 0 Å². The first-order valence-electron chi connectivity index (χ1n) is 23.5. The van der Waals surface area contributed by atoms with Crippen molar-refractivity contribution in [1.29, 1.82) is 0 Å². The molecular weight excluding hydrogens is 577 g/mol.